The molecule has 0 heterocycles. The normalized spacial score (nSPS) is 13.2. The van der Waals surface area contributed by atoms with Gasteiger partial charge in [0.1, 0.15) is 5.75 Å². The van der Waals surface area contributed by atoms with Crippen molar-refractivity contribution in [3.05, 3.63) is 65.7 Å². The number of methoxy groups -OCH3 is 1. The third kappa shape index (κ3) is 4.57. The van der Waals surface area contributed by atoms with Gasteiger partial charge in [0.05, 0.1) is 12.6 Å². The highest BCUT2D eigenvalue weighted by atomic mass is 16.5. The second kappa shape index (κ2) is 8.34. The summed E-state index contributed by atoms with van der Waals surface area (Å²) in [6.45, 7) is 4.51. The fourth-order valence-electron chi connectivity index (χ4n) is 2.44. The lowest BCUT2D eigenvalue weighted by molar-refractivity contribution is -0.132. The quantitative estimate of drug-likeness (QED) is 0.849. The predicted molar refractivity (Wildman–Crippen MR) is 90.4 cm³/mol. The fourth-order valence-corrected chi connectivity index (χ4v) is 2.44. The van der Waals surface area contributed by atoms with Gasteiger partial charge in [-0.05, 0) is 37.1 Å². The Morgan fingerprint density at radius 1 is 1.09 bits per heavy atom. The second-order valence-corrected chi connectivity index (χ2v) is 5.26. The highest BCUT2D eigenvalue weighted by molar-refractivity contribution is 5.82. The van der Waals surface area contributed by atoms with E-state index in [2.05, 4.69) is 5.32 Å². The van der Waals surface area contributed by atoms with E-state index in [-0.39, 0.29) is 11.9 Å². The predicted octanol–water partition coefficient (Wildman–Crippen LogP) is 3.65. The lowest BCUT2D eigenvalue weighted by Crippen LogP contribution is -2.32. The molecule has 122 valence electrons. The molecule has 0 aliphatic carbocycles. The van der Waals surface area contributed by atoms with E-state index in [1.54, 1.807) is 0 Å². The summed E-state index contributed by atoms with van der Waals surface area (Å²) in [5.41, 5.74) is 1.83. The van der Waals surface area contributed by atoms with Crippen molar-refractivity contribution in [1.82, 2.24) is 5.32 Å². The van der Waals surface area contributed by atoms with E-state index < -0.39 is 6.10 Å². The lowest BCUT2D eigenvalue weighted by Gasteiger charge is -2.20. The molecular formula is C19H23NO3. The molecule has 2 atom stereocenters. The minimum atomic E-state index is -0.617. The van der Waals surface area contributed by atoms with Crippen molar-refractivity contribution in [3.8, 4) is 5.75 Å². The number of hydrogen-bond acceptors (Lipinski definition) is 3. The van der Waals surface area contributed by atoms with Crippen molar-refractivity contribution in [2.75, 3.05) is 13.7 Å². The molecule has 0 bridgehead atoms. The van der Waals surface area contributed by atoms with Gasteiger partial charge in [0.2, 0.25) is 0 Å². The van der Waals surface area contributed by atoms with Crippen LogP contribution in [0.5, 0.6) is 5.75 Å². The van der Waals surface area contributed by atoms with Crippen molar-refractivity contribution in [2.45, 2.75) is 26.0 Å². The van der Waals surface area contributed by atoms with Gasteiger partial charge in [-0.15, -0.1) is 0 Å². The van der Waals surface area contributed by atoms with Crippen molar-refractivity contribution >= 4 is 5.91 Å². The Balaban J connectivity index is 2.08. The smallest absolute Gasteiger partial charge is 0.254 e. The molecule has 4 nitrogen and oxygen atoms in total. The van der Waals surface area contributed by atoms with E-state index in [9.17, 15) is 4.79 Å². The first-order valence-electron chi connectivity index (χ1n) is 7.76. The Bertz CT molecular complexity index is 628. The molecule has 2 aromatic rings. The molecule has 0 radical (unpaired) electrons. The van der Waals surface area contributed by atoms with Gasteiger partial charge in [-0.25, -0.2) is 0 Å². The minimum absolute atomic E-state index is 0.135. The van der Waals surface area contributed by atoms with Crippen molar-refractivity contribution in [3.63, 3.8) is 0 Å². The molecule has 1 amide bonds. The minimum Gasteiger partial charge on any atom is -0.494 e. The zero-order chi connectivity index (χ0) is 16.7. The molecule has 2 unspecified atom stereocenters. The second-order valence-electron chi connectivity index (χ2n) is 5.26. The van der Waals surface area contributed by atoms with Crippen LogP contribution in [0.25, 0.3) is 0 Å². The van der Waals surface area contributed by atoms with Crippen LogP contribution >= 0.6 is 0 Å². The van der Waals surface area contributed by atoms with Crippen molar-refractivity contribution in [2.24, 2.45) is 0 Å². The molecule has 0 aliphatic rings. The highest BCUT2D eigenvalue weighted by Gasteiger charge is 2.21. The number of benzene rings is 2. The summed E-state index contributed by atoms with van der Waals surface area (Å²) in [7, 11) is 1.54. The summed E-state index contributed by atoms with van der Waals surface area (Å²) in [5.74, 6) is 0.644. The van der Waals surface area contributed by atoms with Gasteiger partial charge in [-0.1, -0.05) is 42.5 Å². The number of carbonyl (C=O) groups excluding carboxylic acids is 1. The molecule has 0 fully saturated rings. The maximum atomic E-state index is 12.5. The molecule has 4 heteroatoms. The van der Waals surface area contributed by atoms with Crippen molar-refractivity contribution in [1.29, 1.82) is 0 Å². The first-order chi connectivity index (χ1) is 11.2. The molecule has 0 saturated heterocycles. The Hall–Kier alpha value is -2.33. The van der Waals surface area contributed by atoms with Gasteiger partial charge in [0.25, 0.3) is 5.91 Å². The third-order valence-electron chi connectivity index (χ3n) is 3.60. The summed E-state index contributed by atoms with van der Waals surface area (Å²) in [6.07, 6.45) is -0.617. The van der Waals surface area contributed by atoms with Crippen LogP contribution in [0.3, 0.4) is 0 Å². The topological polar surface area (TPSA) is 47.6 Å². The van der Waals surface area contributed by atoms with Crippen LogP contribution in [-0.2, 0) is 9.53 Å². The SMILES string of the molecule is CCOc1cccc(C(C)NC(=O)C(OC)c2ccccc2)c1. The van der Waals surface area contributed by atoms with E-state index in [0.717, 1.165) is 16.9 Å². The van der Waals surface area contributed by atoms with Gasteiger partial charge < -0.3 is 14.8 Å². The van der Waals surface area contributed by atoms with Crippen molar-refractivity contribution < 1.29 is 14.3 Å². The lowest BCUT2D eigenvalue weighted by atomic mass is 10.1. The Labute approximate surface area is 137 Å². The number of rotatable bonds is 7. The molecule has 0 saturated carbocycles. The zero-order valence-corrected chi connectivity index (χ0v) is 13.8. The van der Waals surface area contributed by atoms with E-state index >= 15 is 0 Å². The van der Waals surface area contributed by atoms with Gasteiger partial charge in [0, 0.05) is 7.11 Å². The van der Waals surface area contributed by atoms with Crippen LogP contribution in [0.2, 0.25) is 0 Å². The number of carbonyl (C=O) groups is 1. The van der Waals surface area contributed by atoms with Crippen LogP contribution in [-0.4, -0.2) is 19.6 Å². The monoisotopic (exact) mass is 313 g/mol. The average molecular weight is 313 g/mol. The van der Waals surface area contributed by atoms with Crippen LogP contribution in [0.4, 0.5) is 0 Å². The van der Waals surface area contributed by atoms with Gasteiger partial charge in [-0.2, -0.15) is 0 Å². The van der Waals surface area contributed by atoms with Crippen LogP contribution in [0.1, 0.15) is 37.1 Å². The van der Waals surface area contributed by atoms with Crippen LogP contribution in [0, 0.1) is 0 Å². The number of nitrogens with one attached hydrogen (secondary N) is 1. The molecule has 0 aromatic heterocycles. The number of ether oxygens (including phenoxy) is 2. The third-order valence-corrected chi connectivity index (χ3v) is 3.60. The largest absolute Gasteiger partial charge is 0.494 e. The average Bonchev–Trinajstić information content (AvgIpc) is 2.57. The summed E-state index contributed by atoms with van der Waals surface area (Å²) in [5, 5.41) is 3.00. The van der Waals surface area contributed by atoms with E-state index in [1.807, 2.05) is 68.4 Å². The number of hydrogen-bond donors (Lipinski definition) is 1. The molecule has 2 aromatic carbocycles. The first-order valence-corrected chi connectivity index (χ1v) is 7.76. The van der Waals surface area contributed by atoms with Gasteiger partial charge in [0.15, 0.2) is 6.10 Å². The molecule has 0 aliphatic heterocycles. The molecule has 0 spiro atoms. The number of amides is 1. The molecule has 1 N–H and O–H groups in total. The first kappa shape index (κ1) is 17.0. The summed E-state index contributed by atoms with van der Waals surface area (Å²) in [6, 6.07) is 17.1. The van der Waals surface area contributed by atoms with Gasteiger partial charge >= 0.3 is 0 Å². The summed E-state index contributed by atoms with van der Waals surface area (Å²) in [4.78, 5) is 12.5. The maximum absolute atomic E-state index is 12.5. The van der Waals surface area contributed by atoms with E-state index in [1.165, 1.54) is 7.11 Å². The van der Waals surface area contributed by atoms with E-state index in [4.69, 9.17) is 9.47 Å². The Morgan fingerprint density at radius 3 is 2.43 bits per heavy atom. The maximum Gasteiger partial charge on any atom is 0.254 e. The molecule has 2 rings (SSSR count). The Morgan fingerprint density at radius 2 is 1.78 bits per heavy atom. The van der Waals surface area contributed by atoms with Crippen LogP contribution in [0.15, 0.2) is 54.6 Å². The molecular weight excluding hydrogens is 290 g/mol. The van der Waals surface area contributed by atoms with Gasteiger partial charge in [-0.3, -0.25) is 4.79 Å². The van der Waals surface area contributed by atoms with Crippen LogP contribution < -0.4 is 10.1 Å². The standard InChI is InChI=1S/C19H23NO3/c1-4-23-17-12-8-11-16(13-17)14(2)20-19(21)18(22-3)15-9-6-5-7-10-15/h5-14,18H,4H2,1-3H3,(H,20,21). The summed E-state index contributed by atoms with van der Waals surface area (Å²) < 4.78 is 10.9. The summed E-state index contributed by atoms with van der Waals surface area (Å²) >= 11 is 0. The zero-order valence-electron chi connectivity index (χ0n) is 13.8. The highest BCUT2D eigenvalue weighted by Crippen LogP contribution is 2.22. The fraction of sp³-hybridized carbons (Fsp3) is 0.316. The Kier molecular flexibility index (Phi) is 6.18. The van der Waals surface area contributed by atoms with E-state index in [0.29, 0.717) is 6.61 Å². The molecule has 23 heavy (non-hydrogen) atoms.